The van der Waals surface area contributed by atoms with E-state index in [9.17, 15) is 0 Å². The smallest absolute Gasteiger partial charge is 0.0555 e. The quantitative estimate of drug-likeness (QED) is 0.856. The molecular formula is C18H26N2. The van der Waals surface area contributed by atoms with Crippen LogP contribution in [-0.2, 0) is 6.54 Å². The number of benzene rings is 1. The van der Waals surface area contributed by atoms with Crippen molar-refractivity contribution in [2.75, 3.05) is 13.6 Å². The van der Waals surface area contributed by atoms with Crippen LogP contribution < -0.4 is 5.73 Å². The zero-order chi connectivity index (χ0) is 14.4. The van der Waals surface area contributed by atoms with Crippen molar-refractivity contribution >= 4 is 0 Å². The first-order chi connectivity index (χ1) is 9.69. The Morgan fingerprint density at radius 2 is 2.00 bits per heavy atom. The molecule has 0 spiro atoms. The Balaban J connectivity index is 1.92. The van der Waals surface area contributed by atoms with Gasteiger partial charge in [-0.15, -0.1) is 0 Å². The van der Waals surface area contributed by atoms with E-state index in [1.807, 2.05) is 0 Å². The molecule has 1 aromatic carbocycles. The third kappa shape index (κ3) is 4.37. The van der Waals surface area contributed by atoms with E-state index in [2.05, 4.69) is 55.0 Å². The Morgan fingerprint density at radius 1 is 1.25 bits per heavy atom. The molecule has 2 N–H and O–H groups in total. The van der Waals surface area contributed by atoms with Gasteiger partial charge in [0, 0.05) is 18.2 Å². The van der Waals surface area contributed by atoms with Crippen LogP contribution in [0, 0.1) is 17.8 Å². The molecule has 1 saturated carbocycles. The maximum Gasteiger partial charge on any atom is 0.0555 e. The monoisotopic (exact) mass is 270 g/mol. The highest BCUT2D eigenvalue weighted by Crippen LogP contribution is 2.27. The third-order valence-electron chi connectivity index (χ3n) is 4.25. The van der Waals surface area contributed by atoms with E-state index in [1.54, 1.807) is 0 Å². The van der Waals surface area contributed by atoms with Gasteiger partial charge < -0.3 is 5.73 Å². The lowest BCUT2D eigenvalue weighted by molar-refractivity contribution is 0.158. The zero-order valence-electron chi connectivity index (χ0n) is 12.7. The molecule has 0 amide bonds. The molecule has 2 nitrogen and oxygen atoms in total. The molecule has 20 heavy (non-hydrogen) atoms. The average molecular weight is 270 g/mol. The van der Waals surface area contributed by atoms with Gasteiger partial charge in [0.15, 0.2) is 0 Å². The van der Waals surface area contributed by atoms with Crippen LogP contribution in [0.4, 0.5) is 0 Å². The third-order valence-corrected chi connectivity index (χ3v) is 4.25. The van der Waals surface area contributed by atoms with E-state index in [0.717, 1.165) is 24.1 Å². The predicted molar refractivity (Wildman–Crippen MR) is 85.3 cm³/mol. The second-order valence-electron chi connectivity index (χ2n) is 6.04. The minimum absolute atomic E-state index is 0.421. The summed E-state index contributed by atoms with van der Waals surface area (Å²) in [4.78, 5) is 2.51. The fourth-order valence-electron chi connectivity index (χ4n) is 3.07. The van der Waals surface area contributed by atoms with Gasteiger partial charge in [-0.25, -0.2) is 0 Å². The summed E-state index contributed by atoms with van der Waals surface area (Å²) in [6.07, 6.45) is 5.47. The van der Waals surface area contributed by atoms with Crippen molar-refractivity contribution in [3.8, 4) is 11.8 Å². The largest absolute Gasteiger partial charge is 0.320 e. The minimum atomic E-state index is 0.421. The molecule has 2 unspecified atom stereocenters. The molecule has 2 atom stereocenters. The summed E-state index contributed by atoms with van der Waals surface area (Å²) in [5, 5.41) is 0. The summed E-state index contributed by atoms with van der Waals surface area (Å²) in [7, 11) is 2.25. The SMILES string of the molecule is CC1CCCC(N(C)Cc2ccc(C#CCN)cc2)C1. The molecule has 0 aromatic heterocycles. The fraction of sp³-hybridized carbons (Fsp3) is 0.556. The first-order valence-corrected chi connectivity index (χ1v) is 7.67. The Hall–Kier alpha value is -1.30. The van der Waals surface area contributed by atoms with Crippen molar-refractivity contribution in [3.05, 3.63) is 35.4 Å². The van der Waals surface area contributed by atoms with Crippen molar-refractivity contribution < 1.29 is 0 Å². The van der Waals surface area contributed by atoms with Crippen molar-refractivity contribution in [2.24, 2.45) is 11.7 Å². The molecule has 0 radical (unpaired) electrons. The van der Waals surface area contributed by atoms with Gasteiger partial charge in [0.1, 0.15) is 0 Å². The van der Waals surface area contributed by atoms with Crippen LogP contribution in [0.2, 0.25) is 0 Å². The molecule has 1 fully saturated rings. The fourth-order valence-corrected chi connectivity index (χ4v) is 3.07. The lowest BCUT2D eigenvalue weighted by atomic mass is 9.86. The number of hydrogen-bond acceptors (Lipinski definition) is 2. The number of nitrogens with zero attached hydrogens (tertiary/aromatic N) is 1. The highest BCUT2D eigenvalue weighted by molar-refractivity contribution is 5.36. The summed E-state index contributed by atoms with van der Waals surface area (Å²) >= 11 is 0. The van der Waals surface area contributed by atoms with Gasteiger partial charge in [0.05, 0.1) is 6.54 Å². The van der Waals surface area contributed by atoms with Crippen LogP contribution in [-0.4, -0.2) is 24.5 Å². The number of rotatable bonds is 3. The molecular weight excluding hydrogens is 244 g/mol. The van der Waals surface area contributed by atoms with Crippen molar-refractivity contribution in [3.63, 3.8) is 0 Å². The molecule has 0 saturated heterocycles. The van der Waals surface area contributed by atoms with E-state index in [-0.39, 0.29) is 0 Å². The van der Waals surface area contributed by atoms with Crippen LogP contribution in [0.3, 0.4) is 0 Å². The summed E-state index contributed by atoms with van der Waals surface area (Å²) in [6.45, 7) is 3.83. The molecule has 0 heterocycles. The van der Waals surface area contributed by atoms with Crippen molar-refractivity contribution in [1.29, 1.82) is 0 Å². The van der Waals surface area contributed by atoms with E-state index in [0.29, 0.717) is 6.54 Å². The lowest BCUT2D eigenvalue weighted by Gasteiger charge is -2.34. The second kappa shape index (κ2) is 7.47. The van der Waals surface area contributed by atoms with Gasteiger partial charge in [-0.1, -0.05) is 43.7 Å². The first kappa shape index (κ1) is 15.1. The second-order valence-corrected chi connectivity index (χ2v) is 6.04. The normalized spacial score (nSPS) is 22.4. The highest BCUT2D eigenvalue weighted by Gasteiger charge is 2.22. The maximum absolute atomic E-state index is 5.39. The van der Waals surface area contributed by atoms with Crippen LogP contribution in [0.1, 0.15) is 43.7 Å². The van der Waals surface area contributed by atoms with E-state index < -0.39 is 0 Å². The van der Waals surface area contributed by atoms with Gasteiger partial charge >= 0.3 is 0 Å². The Bertz CT molecular complexity index is 466. The van der Waals surface area contributed by atoms with Crippen LogP contribution in [0.15, 0.2) is 24.3 Å². The molecule has 2 rings (SSSR count). The van der Waals surface area contributed by atoms with Crippen molar-refractivity contribution in [1.82, 2.24) is 4.90 Å². The van der Waals surface area contributed by atoms with Crippen molar-refractivity contribution in [2.45, 2.75) is 45.2 Å². The van der Waals surface area contributed by atoms with Gasteiger partial charge in [0.2, 0.25) is 0 Å². The predicted octanol–water partition coefficient (Wildman–Crippen LogP) is 3.01. The van der Waals surface area contributed by atoms with Gasteiger partial charge in [0.25, 0.3) is 0 Å². The Labute approximate surface area is 123 Å². The summed E-state index contributed by atoms with van der Waals surface area (Å²) in [5.41, 5.74) is 7.80. The maximum atomic E-state index is 5.39. The van der Waals surface area contributed by atoms with E-state index in [4.69, 9.17) is 5.73 Å². The highest BCUT2D eigenvalue weighted by atomic mass is 15.1. The molecule has 0 aliphatic heterocycles. The molecule has 1 aliphatic carbocycles. The topological polar surface area (TPSA) is 29.3 Å². The molecule has 2 heteroatoms. The van der Waals surface area contributed by atoms with Gasteiger partial charge in [-0.3, -0.25) is 4.90 Å². The number of nitrogens with two attached hydrogens (primary N) is 1. The van der Waals surface area contributed by atoms with Crippen LogP contribution in [0.25, 0.3) is 0 Å². The summed E-state index contributed by atoms with van der Waals surface area (Å²) in [6, 6.07) is 9.30. The molecule has 1 aromatic rings. The summed E-state index contributed by atoms with van der Waals surface area (Å²) < 4.78 is 0. The van der Waals surface area contributed by atoms with Crippen LogP contribution in [0.5, 0.6) is 0 Å². The first-order valence-electron chi connectivity index (χ1n) is 7.67. The molecule has 1 aliphatic rings. The Morgan fingerprint density at radius 3 is 2.65 bits per heavy atom. The summed E-state index contributed by atoms with van der Waals surface area (Å²) in [5.74, 6) is 6.83. The average Bonchev–Trinajstić information content (AvgIpc) is 2.46. The lowest BCUT2D eigenvalue weighted by Crippen LogP contribution is -2.35. The van der Waals surface area contributed by atoms with E-state index in [1.165, 1.54) is 31.2 Å². The standard InChI is InChI=1S/C18H26N2/c1-15-5-3-7-18(13-15)20(2)14-17-10-8-16(9-11-17)6-4-12-19/h8-11,15,18H,3,5,7,12-14,19H2,1-2H3. The van der Waals surface area contributed by atoms with Gasteiger partial charge in [-0.2, -0.15) is 0 Å². The minimum Gasteiger partial charge on any atom is -0.320 e. The molecule has 0 bridgehead atoms. The number of hydrogen-bond donors (Lipinski definition) is 1. The van der Waals surface area contributed by atoms with Gasteiger partial charge in [-0.05, 0) is 43.5 Å². The molecule has 108 valence electrons. The zero-order valence-corrected chi connectivity index (χ0v) is 12.7. The van der Waals surface area contributed by atoms with E-state index >= 15 is 0 Å². The van der Waals surface area contributed by atoms with Crippen LogP contribution >= 0.6 is 0 Å². The Kier molecular flexibility index (Phi) is 5.64.